The highest BCUT2D eigenvalue weighted by atomic mass is 79.9. The monoisotopic (exact) mass is 511 g/mol. The predicted molar refractivity (Wildman–Crippen MR) is 128 cm³/mol. The molecule has 3 aromatic carbocycles. The number of para-hydroxylation sites is 1. The third kappa shape index (κ3) is 4.26. The Balaban J connectivity index is 1.40. The summed E-state index contributed by atoms with van der Waals surface area (Å²) in [4.78, 5) is 15.3. The molecule has 4 aromatic rings. The first-order chi connectivity index (χ1) is 15.6. The molecule has 32 heavy (non-hydrogen) atoms. The Morgan fingerprint density at radius 3 is 2.66 bits per heavy atom. The lowest BCUT2D eigenvalue weighted by atomic mass is 10.1. The third-order valence-electron chi connectivity index (χ3n) is 5.44. The van der Waals surface area contributed by atoms with Gasteiger partial charge in [0.15, 0.2) is 0 Å². The van der Waals surface area contributed by atoms with Gasteiger partial charge in [0.05, 0.1) is 15.4 Å². The van der Waals surface area contributed by atoms with E-state index in [9.17, 15) is 4.79 Å². The van der Waals surface area contributed by atoms with E-state index in [0.29, 0.717) is 30.0 Å². The molecule has 5 rings (SSSR count). The predicted octanol–water partition coefficient (Wildman–Crippen LogP) is 6.40. The lowest BCUT2D eigenvalue weighted by Gasteiger charge is -2.29. The molecule has 1 aliphatic rings. The molecule has 2 heterocycles. The highest BCUT2D eigenvalue weighted by molar-refractivity contribution is 9.10. The minimum Gasteiger partial charge on any atom is -0.478 e. The Hall–Kier alpha value is -2.80. The molecule has 0 bridgehead atoms. The minimum atomic E-state index is -0.219. The average Bonchev–Trinajstić information content (AvgIpc) is 2.81. The van der Waals surface area contributed by atoms with Crippen molar-refractivity contribution < 1.29 is 13.9 Å². The van der Waals surface area contributed by atoms with E-state index in [0.717, 1.165) is 33.8 Å². The van der Waals surface area contributed by atoms with Crippen LogP contribution < -0.4 is 14.9 Å². The second kappa shape index (κ2) is 8.98. The summed E-state index contributed by atoms with van der Waals surface area (Å²) < 4.78 is 18.4. The maximum atomic E-state index is 13.1. The van der Waals surface area contributed by atoms with Crippen molar-refractivity contribution in [3.63, 3.8) is 0 Å². The first-order valence-electron chi connectivity index (χ1n) is 10.2. The van der Waals surface area contributed by atoms with Crippen LogP contribution in [0.15, 0.2) is 80.6 Å². The van der Waals surface area contributed by atoms with E-state index in [1.165, 1.54) is 11.8 Å². The van der Waals surface area contributed by atoms with Crippen molar-refractivity contribution >= 4 is 38.5 Å². The third-order valence-corrected chi connectivity index (χ3v) is 6.35. The largest absolute Gasteiger partial charge is 0.478 e. The molecule has 1 aromatic heterocycles. The molecule has 0 aliphatic carbocycles. The van der Waals surface area contributed by atoms with E-state index in [-0.39, 0.29) is 11.2 Å². The SMILES string of the molecule is O=c1c(Oc2ccccc2Br)coc2c3c(ccc12)OCN(CCc1ccc(Cl)cc1)C3. The smallest absolute Gasteiger partial charge is 0.235 e. The molecule has 0 saturated heterocycles. The van der Waals surface area contributed by atoms with Gasteiger partial charge in [0, 0.05) is 18.1 Å². The summed E-state index contributed by atoms with van der Waals surface area (Å²) in [7, 11) is 0. The second-order valence-electron chi connectivity index (χ2n) is 7.58. The van der Waals surface area contributed by atoms with Crippen LogP contribution in [0, 0.1) is 0 Å². The average molecular weight is 513 g/mol. The van der Waals surface area contributed by atoms with Crippen LogP contribution in [0.4, 0.5) is 0 Å². The van der Waals surface area contributed by atoms with Crippen LogP contribution in [-0.4, -0.2) is 18.2 Å². The maximum absolute atomic E-state index is 13.1. The van der Waals surface area contributed by atoms with Gasteiger partial charge in [-0.2, -0.15) is 0 Å². The number of fused-ring (bicyclic) bond motifs is 3. The van der Waals surface area contributed by atoms with Crippen molar-refractivity contribution in [2.45, 2.75) is 13.0 Å². The van der Waals surface area contributed by atoms with Crippen LogP contribution in [0.5, 0.6) is 17.2 Å². The van der Waals surface area contributed by atoms with Crippen LogP contribution in [0.3, 0.4) is 0 Å². The summed E-state index contributed by atoms with van der Waals surface area (Å²) in [5.74, 6) is 1.43. The molecule has 0 radical (unpaired) electrons. The number of nitrogens with zero attached hydrogens (tertiary/aromatic N) is 1. The fraction of sp³-hybridized carbons (Fsp3) is 0.160. The molecule has 5 nitrogen and oxygen atoms in total. The summed E-state index contributed by atoms with van der Waals surface area (Å²) in [6.07, 6.45) is 2.24. The number of benzene rings is 3. The van der Waals surface area contributed by atoms with E-state index in [1.54, 1.807) is 12.1 Å². The van der Waals surface area contributed by atoms with Crippen LogP contribution in [0.1, 0.15) is 11.1 Å². The van der Waals surface area contributed by atoms with E-state index in [2.05, 4.69) is 20.8 Å². The molecular formula is C25H19BrClNO4. The number of hydrogen-bond donors (Lipinski definition) is 0. The lowest BCUT2D eigenvalue weighted by Crippen LogP contribution is -2.33. The van der Waals surface area contributed by atoms with Gasteiger partial charge < -0.3 is 13.9 Å². The van der Waals surface area contributed by atoms with Gasteiger partial charge in [0.1, 0.15) is 30.1 Å². The zero-order valence-corrected chi connectivity index (χ0v) is 19.4. The molecule has 0 N–H and O–H groups in total. The topological polar surface area (TPSA) is 51.9 Å². The van der Waals surface area contributed by atoms with Gasteiger partial charge in [-0.15, -0.1) is 0 Å². The maximum Gasteiger partial charge on any atom is 0.235 e. The van der Waals surface area contributed by atoms with E-state index >= 15 is 0 Å². The fourth-order valence-corrected chi connectivity index (χ4v) is 4.23. The Kier molecular flexibility index (Phi) is 5.91. The van der Waals surface area contributed by atoms with Gasteiger partial charge in [0.2, 0.25) is 11.2 Å². The molecule has 1 aliphatic heterocycles. The van der Waals surface area contributed by atoms with Crippen LogP contribution in [0.2, 0.25) is 5.02 Å². The normalized spacial score (nSPS) is 13.6. The highest BCUT2D eigenvalue weighted by Crippen LogP contribution is 2.33. The van der Waals surface area contributed by atoms with E-state index in [4.69, 9.17) is 25.5 Å². The first-order valence-corrected chi connectivity index (χ1v) is 11.3. The Morgan fingerprint density at radius 1 is 1.03 bits per heavy atom. The summed E-state index contributed by atoms with van der Waals surface area (Å²) in [6, 6.07) is 18.8. The van der Waals surface area contributed by atoms with Gasteiger partial charge >= 0.3 is 0 Å². The van der Waals surface area contributed by atoms with Crippen molar-refractivity contribution in [3.05, 3.63) is 97.8 Å². The Bertz CT molecular complexity index is 1340. The van der Waals surface area contributed by atoms with Crippen LogP contribution >= 0.6 is 27.5 Å². The number of ether oxygens (including phenoxy) is 2. The molecule has 7 heteroatoms. The van der Waals surface area contributed by atoms with Gasteiger partial charge in [-0.1, -0.05) is 35.9 Å². The number of rotatable bonds is 5. The molecule has 0 fully saturated rings. The number of hydrogen-bond acceptors (Lipinski definition) is 5. The quantitative estimate of drug-likeness (QED) is 0.310. The summed E-state index contributed by atoms with van der Waals surface area (Å²) in [6.45, 7) is 1.93. The highest BCUT2D eigenvalue weighted by Gasteiger charge is 2.23. The van der Waals surface area contributed by atoms with Crippen molar-refractivity contribution in [2.24, 2.45) is 0 Å². The van der Waals surface area contributed by atoms with Crippen molar-refractivity contribution in [1.29, 1.82) is 0 Å². The summed E-state index contributed by atoms with van der Waals surface area (Å²) in [5.41, 5.74) is 2.39. The van der Waals surface area contributed by atoms with E-state index in [1.807, 2.05) is 48.5 Å². The van der Waals surface area contributed by atoms with Crippen molar-refractivity contribution in [3.8, 4) is 17.2 Å². The second-order valence-corrected chi connectivity index (χ2v) is 8.87. The van der Waals surface area contributed by atoms with Crippen molar-refractivity contribution in [2.75, 3.05) is 13.3 Å². The van der Waals surface area contributed by atoms with Gasteiger partial charge in [-0.3, -0.25) is 9.69 Å². The molecule has 0 saturated carbocycles. The minimum absolute atomic E-state index is 0.140. The molecule has 0 atom stereocenters. The molecular weight excluding hydrogens is 494 g/mol. The first kappa shape index (κ1) is 21.1. The zero-order valence-electron chi connectivity index (χ0n) is 17.0. The zero-order chi connectivity index (χ0) is 22.1. The lowest BCUT2D eigenvalue weighted by molar-refractivity contribution is 0.0968. The van der Waals surface area contributed by atoms with Crippen molar-refractivity contribution in [1.82, 2.24) is 4.90 Å². The van der Waals surface area contributed by atoms with Crippen LogP contribution in [-0.2, 0) is 13.0 Å². The van der Waals surface area contributed by atoms with Gasteiger partial charge in [-0.25, -0.2) is 0 Å². The Morgan fingerprint density at radius 2 is 1.84 bits per heavy atom. The van der Waals surface area contributed by atoms with Gasteiger partial charge in [0.25, 0.3) is 0 Å². The fourth-order valence-electron chi connectivity index (χ4n) is 3.74. The molecule has 162 valence electrons. The molecule has 0 unspecified atom stereocenters. The van der Waals surface area contributed by atoms with E-state index < -0.39 is 0 Å². The Labute approximate surface area is 198 Å². The molecule has 0 amide bonds. The summed E-state index contributed by atoms with van der Waals surface area (Å²) in [5, 5.41) is 1.20. The summed E-state index contributed by atoms with van der Waals surface area (Å²) >= 11 is 9.40. The standard InChI is InChI=1S/C25H19BrClNO4/c26-20-3-1-2-4-22(20)32-23-14-30-25-18(24(23)29)9-10-21-19(25)13-28(15-31-21)12-11-16-5-7-17(27)8-6-16/h1-10,14H,11-13,15H2. The number of halogens is 2. The molecule has 0 spiro atoms. The van der Waals surface area contributed by atoms with Crippen LogP contribution in [0.25, 0.3) is 11.0 Å². The van der Waals surface area contributed by atoms with Gasteiger partial charge in [-0.05, 0) is 64.3 Å².